The van der Waals surface area contributed by atoms with Gasteiger partial charge in [0.25, 0.3) is 0 Å². The van der Waals surface area contributed by atoms with Crippen molar-refractivity contribution in [2.45, 2.75) is 32.7 Å². The van der Waals surface area contributed by atoms with E-state index in [9.17, 15) is 4.79 Å². The van der Waals surface area contributed by atoms with Crippen molar-refractivity contribution in [1.82, 2.24) is 15.1 Å². The van der Waals surface area contributed by atoms with Gasteiger partial charge in [-0.3, -0.25) is 4.79 Å². The third-order valence-corrected chi connectivity index (χ3v) is 5.77. The summed E-state index contributed by atoms with van der Waals surface area (Å²) in [5.41, 5.74) is 2.89. The highest BCUT2D eigenvalue weighted by atomic mass is 16.5. The smallest absolute Gasteiger partial charge is 0.217 e. The van der Waals surface area contributed by atoms with Crippen LogP contribution in [0.1, 0.15) is 38.3 Å². The summed E-state index contributed by atoms with van der Waals surface area (Å²) in [4.78, 5) is 11.4. The van der Waals surface area contributed by atoms with Gasteiger partial charge in [0.15, 0.2) is 0 Å². The second-order valence-corrected chi connectivity index (χ2v) is 8.64. The molecule has 168 valence electrons. The predicted molar refractivity (Wildman–Crippen MR) is 128 cm³/mol. The van der Waals surface area contributed by atoms with Crippen LogP contribution < -0.4 is 14.8 Å². The minimum Gasteiger partial charge on any atom is -0.493 e. The van der Waals surface area contributed by atoms with Crippen molar-refractivity contribution < 1.29 is 14.3 Å². The number of hydrogen-bond donors (Lipinski definition) is 1. The summed E-state index contributed by atoms with van der Waals surface area (Å²) >= 11 is 0. The molecule has 5 rings (SSSR count). The molecule has 1 atom stereocenters. The Morgan fingerprint density at radius 1 is 1.06 bits per heavy atom. The van der Waals surface area contributed by atoms with Crippen LogP contribution in [0.15, 0.2) is 72.9 Å². The van der Waals surface area contributed by atoms with Crippen molar-refractivity contribution in [2.24, 2.45) is 5.92 Å². The van der Waals surface area contributed by atoms with Gasteiger partial charge in [-0.05, 0) is 79.8 Å². The zero-order valence-corrected chi connectivity index (χ0v) is 18.8. The second-order valence-electron chi connectivity index (χ2n) is 8.64. The monoisotopic (exact) mass is 441 g/mol. The number of ether oxygens (including phenoxy) is 2. The van der Waals surface area contributed by atoms with Gasteiger partial charge >= 0.3 is 0 Å². The molecule has 6 nitrogen and oxygen atoms in total. The lowest BCUT2D eigenvalue weighted by molar-refractivity contribution is -0.119. The van der Waals surface area contributed by atoms with Gasteiger partial charge < -0.3 is 14.8 Å². The first-order chi connectivity index (χ1) is 16.0. The molecule has 0 radical (unpaired) electrons. The quantitative estimate of drug-likeness (QED) is 0.375. The molecule has 33 heavy (non-hydrogen) atoms. The number of rotatable bonds is 8. The predicted octanol–water partition coefficient (Wildman–Crippen LogP) is 5.80. The zero-order valence-electron chi connectivity index (χ0n) is 18.8. The fourth-order valence-electron chi connectivity index (χ4n) is 3.76. The van der Waals surface area contributed by atoms with E-state index in [-0.39, 0.29) is 11.9 Å². The number of carbonyl (C=O) groups excluding carboxylic acids is 1. The first kappa shape index (κ1) is 21.1. The molecule has 3 aromatic carbocycles. The van der Waals surface area contributed by atoms with Crippen molar-refractivity contribution in [3.05, 3.63) is 78.5 Å². The molecule has 1 unspecified atom stereocenters. The largest absolute Gasteiger partial charge is 0.493 e. The highest BCUT2D eigenvalue weighted by Crippen LogP contribution is 2.31. The minimum absolute atomic E-state index is 0.0434. The van der Waals surface area contributed by atoms with Crippen LogP contribution in [0.3, 0.4) is 0 Å². The summed E-state index contributed by atoms with van der Waals surface area (Å²) in [6, 6.07) is 21.6. The van der Waals surface area contributed by atoms with Crippen molar-refractivity contribution in [3.8, 4) is 22.9 Å². The highest BCUT2D eigenvalue weighted by molar-refractivity contribution is 5.80. The SMILES string of the molecule is CC(=O)NC(C)c1ccc2nn(-c3ccc(Oc4cccc(OCC5CC5)c4)cc3)cc2c1. The number of benzene rings is 3. The molecule has 6 heteroatoms. The fraction of sp³-hybridized carbons (Fsp3) is 0.259. The summed E-state index contributed by atoms with van der Waals surface area (Å²) in [6.45, 7) is 4.28. The molecule has 1 aromatic heterocycles. The van der Waals surface area contributed by atoms with Crippen LogP contribution in [0.2, 0.25) is 0 Å². The number of nitrogens with one attached hydrogen (secondary N) is 1. The molecule has 1 heterocycles. The third kappa shape index (κ3) is 5.17. The van der Waals surface area contributed by atoms with Gasteiger partial charge in [-0.25, -0.2) is 4.68 Å². The Kier molecular flexibility index (Phi) is 5.73. The molecule has 0 saturated heterocycles. The maximum atomic E-state index is 11.4. The van der Waals surface area contributed by atoms with E-state index in [1.54, 1.807) is 0 Å². The molecule has 1 saturated carbocycles. The fourth-order valence-corrected chi connectivity index (χ4v) is 3.76. The molecule has 0 bridgehead atoms. The van der Waals surface area contributed by atoms with Crippen molar-refractivity contribution in [2.75, 3.05) is 6.61 Å². The summed E-state index contributed by atoms with van der Waals surface area (Å²) in [6.07, 6.45) is 4.54. The van der Waals surface area contributed by atoms with Gasteiger partial charge in [0.05, 0.1) is 23.9 Å². The van der Waals surface area contributed by atoms with Gasteiger partial charge in [-0.1, -0.05) is 12.1 Å². The van der Waals surface area contributed by atoms with Gasteiger partial charge in [-0.15, -0.1) is 0 Å². The van der Waals surface area contributed by atoms with Gasteiger partial charge in [0.2, 0.25) is 5.91 Å². The van der Waals surface area contributed by atoms with Crippen LogP contribution in [0, 0.1) is 5.92 Å². The third-order valence-electron chi connectivity index (χ3n) is 5.77. The van der Waals surface area contributed by atoms with Gasteiger partial charge in [0.1, 0.15) is 17.2 Å². The molecule has 1 aliphatic rings. The van der Waals surface area contributed by atoms with Crippen molar-refractivity contribution in [3.63, 3.8) is 0 Å². The van der Waals surface area contributed by atoms with Crippen LogP contribution in [0.5, 0.6) is 17.2 Å². The van der Waals surface area contributed by atoms with Crippen LogP contribution in [0.25, 0.3) is 16.6 Å². The first-order valence-electron chi connectivity index (χ1n) is 11.3. The molecular weight excluding hydrogens is 414 g/mol. The Morgan fingerprint density at radius 3 is 2.61 bits per heavy atom. The second kappa shape index (κ2) is 8.98. The minimum atomic E-state index is -0.0516. The number of nitrogens with zero attached hydrogens (tertiary/aromatic N) is 2. The lowest BCUT2D eigenvalue weighted by Gasteiger charge is -2.12. The topological polar surface area (TPSA) is 65.4 Å². The molecule has 0 spiro atoms. The van der Waals surface area contributed by atoms with Crippen LogP contribution in [-0.2, 0) is 4.79 Å². The van der Waals surface area contributed by atoms with E-state index >= 15 is 0 Å². The Bertz CT molecular complexity index is 1280. The van der Waals surface area contributed by atoms with Crippen molar-refractivity contribution in [1.29, 1.82) is 0 Å². The molecule has 1 aliphatic carbocycles. The summed E-state index contributed by atoms with van der Waals surface area (Å²) in [7, 11) is 0. The molecule has 1 N–H and O–H groups in total. The Hall–Kier alpha value is -3.80. The van der Waals surface area contributed by atoms with Crippen LogP contribution in [0.4, 0.5) is 0 Å². The lowest BCUT2D eigenvalue weighted by atomic mass is 10.1. The summed E-state index contributed by atoms with van der Waals surface area (Å²) in [5.74, 6) is 3.01. The van der Waals surface area contributed by atoms with E-state index in [4.69, 9.17) is 9.47 Å². The van der Waals surface area contributed by atoms with Gasteiger partial charge in [-0.2, -0.15) is 5.10 Å². The van der Waals surface area contributed by atoms with E-state index < -0.39 is 0 Å². The highest BCUT2D eigenvalue weighted by Gasteiger charge is 2.21. The number of hydrogen-bond acceptors (Lipinski definition) is 4. The summed E-state index contributed by atoms with van der Waals surface area (Å²) < 4.78 is 13.7. The van der Waals surface area contributed by atoms with Crippen LogP contribution in [-0.4, -0.2) is 22.3 Å². The number of fused-ring (bicyclic) bond motifs is 1. The average Bonchev–Trinajstić information content (AvgIpc) is 3.54. The molecule has 0 aliphatic heterocycles. The maximum Gasteiger partial charge on any atom is 0.217 e. The zero-order chi connectivity index (χ0) is 22.8. The number of amides is 1. The maximum absolute atomic E-state index is 11.4. The Labute approximate surface area is 193 Å². The number of carbonyl (C=O) groups is 1. The molecule has 1 amide bonds. The van der Waals surface area contributed by atoms with E-state index in [2.05, 4.69) is 16.5 Å². The number of aromatic nitrogens is 2. The van der Waals surface area contributed by atoms with E-state index in [1.807, 2.05) is 78.5 Å². The Morgan fingerprint density at radius 2 is 1.85 bits per heavy atom. The average molecular weight is 442 g/mol. The summed E-state index contributed by atoms with van der Waals surface area (Å²) in [5, 5.41) is 8.62. The van der Waals surface area contributed by atoms with E-state index in [1.165, 1.54) is 19.8 Å². The molecule has 4 aromatic rings. The van der Waals surface area contributed by atoms with E-state index in [0.29, 0.717) is 5.92 Å². The standard InChI is InChI=1S/C27H27N3O3/c1-18(28-19(2)31)21-8-13-27-22(14-21)16-30(29-27)23-9-11-24(12-10-23)33-26-5-3-4-25(15-26)32-17-20-6-7-20/h3-5,8-16,18,20H,6-7,17H2,1-2H3,(H,28,31). The normalized spacial score (nSPS) is 14.1. The van der Waals surface area contributed by atoms with Gasteiger partial charge in [0, 0.05) is 24.6 Å². The van der Waals surface area contributed by atoms with Crippen molar-refractivity contribution >= 4 is 16.8 Å². The first-order valence-corrected chi connectivity index (χ1v) is 11.3. The lowest BCUT2D eigenvalue weighted by Crippen LogP contribution is -2.23. The molecular formula is C27H27N3O3. The van der Waals surface area contributed by atoms with Crippen LogP contribution >= 0.6 is 0 Å². The Balaban J connectivity index is 1.29. The molecule has 1 fully saturated rings. The van der Waals surface area contributed by atoms with E-state index in [0.717, 1.165) is 46.0 Å².